The van der Waals surface area contributed by atoms with Crippen molar-refractivity contribution in [2.24, 2.45) is 0 Å². The molecule has 0 aliphatic rings. The van der Waals surface area contributed by atoms with E-state index in [1.165, 1.54) is 76.2 Å². The zero-order valence-electron chi connectivity index (χ0n) is 17.9. The SMILES string of the molecule is CCCCCCCCc1ccc(O[P+]([O-])([S-])[S-])c(CCCCCCCC)c1.[Zn+2]. The molecular weight excluding hydrogens is 457 g/mol. The summed E-state index contributed by atoms with van der Waals surface area (Å²) >= 11 is 9.62. The van der Waals surface area contributed by atoms with Gasteiger partial charge in [0.05, 0.1) is 0 Å². The molecule has 0 spiro atoms. The molecule has 0 unspecified atom stereocenters. The van der Waals surface area contributed by atoms with Gasteiger partial charge in [0.25, 0.3) is 0 Å². The Bertz CT molecular complexity index is 510. The van der Waals surface area contributed by atoms with Gasteiger partial charge in [0.15, 0.2) is 5.75 Å². The van der Waals surface area contributed by atoms with E-state index >= 15 is 0 Å². The first-order valence-corrected chi connectivity index (χ1v) is 14.4. The van der Waals surface area contributed by atoms with Gasteiger partial charge >= 0.3 is 19.5 Å². The molecular formula is C22H37O2PS2Zn. The van der Waals surface area contributed by atoms with E-state index in [1.807, 2.05) is 6.07 Å². The molecule has 0 bridgehead atoms. The molecule has 2 nitrogen and oxygen atoms in total. The van der Waals surface area contributed by atoms with Crippen LogP contribution in [0.15, 0.2) is 18.2 Å². The molecule has 1 aromatic rings. The van der Waals surface area contributed by atoms with Crippen molar-refractivity contribution in [2.45, 2.75) is 104 Å². The Morgan fingerprint density at radius 2 is 1.29 bits per heavy atom. The van der Waals surface area contributed by atoms with Gasteiger partial charge in [-0.3, -0.25) is 0 Å². The van der Waals surface area contributed by atoms with Gasteiger partial charge in [0.1, 0.15) is 0 Å². The predicted molar refractivity (Wildman–Crippen MR) is 123 cm³/mol. The Morgan fingerprint density at radius 1 is 0.786 bits per heavy atom. The second-order valence-corrected chi connectivity index (χ2v) is 12.2. The molecule has 0 fully saturated rings. The van der Waals surface area contributed by atoms with E-state index in [-0.39, 0.29) is 19.5 Å². The third-order valence-corrected chi connectivity index (χ3v) is 5.82. The van der Waals surface area contributed by atoms with Crippen LogP contribution in [0.25, 0.3) is 0 Å². The molecule has 6 heteroatoms. The summed E-state index contributed by atoms with van der Waals surface area (Å²) in [4.78, 5) is 11.8. The standard InChI is InChI=1S/C22H39O2PS2.Zn/c1-3-5-7-9-11-13-15-20-17-18-22(24-25(23,26)27)21(19-20)16-14-12-10-8-6-4-2;/h17-19H,3-16H2,1-2H3,(H2,23,26,27);/q;+2/p-2. The van der Waals surface area contributed by atoms with Crippen LogP contribution in [0.2, 0.25) is 0 Å². The molecule has 156 valence electrons. The van der Waals surface area contributed by atoms with Crippen LogP contribution in [0.5, 0.6) is 5.75 Å². The van der Waals surface area contributed by atoms with Gasteiger partial charge in [0.2, 0.25) is 0 Å². The summed E-state index contributed by atoms with van der Waals surface area (Å²) in [6.07, 6.45) is 14.0. The number of benzene rings is 1. The van der Waals surface area contributed by atoms with Crippen LogP contribution >= 0.6 is 6.12 Å². The van der Waals surface area contributed by atoms with E-state index in [0.717, 1.165) is 24.8 Å². The molecule has 1 aromatic carbocycles. The van der Waals surface area contributed by atoms with E-state index in [2.05, 4.69) is 26.0 Å². The van der Waals surface area contributed by atoms with Gasteiger partial charge < -0.3 is 33.9 Å². The molecule has 28 heavy (non-hydrogen) atoms. The Balaban J connectivity index is 0.00000729. The van der Waals surface area contributed by atoms with Crippen LogP contribution in [-0.4, -0.2) is 0 Å². The maximum Gasteiger partial charge on any atom is 2.00 e. The van der Waals surface area contributed by atoms with Crippen LogP contribution < -0.4 is 9.42 Å². The van der Waals surface area contributed by atoms with Crippen LogP contribution in [0, 0.1) is 0 Å². The second kappa shape index (κ2) is 17.4. The number of hydrogen-bond donors (Lipinski definition) is 0. The van der Waals surface area contributed by atoms with Crippen molar-refractivity contribution in [1.82, 2.24) is 0 Å². The Kier molecular flexibility index (Phi) is 17.9. The van der Waals surface area contributed by atoms with Gasteiger partial charge in [-0.25, -0.2) is 0 Å². The maximum absolute atomic E-state index is 11.8. The van der Waals surface area contributed by atoms with Crippen LogP contribution in [-0.2, 0) is 56.8 Å². The van der Waals surface area contributed by atoms with Crippen molar-refractivity contribution in [2.75, 3.05) is 0 Å². The Hall–Kier alpha value is 0.733. The van der Waals surface area contributed by atoms with Crippen molar-refractivity contribution >= 4 is 30.6 Å². The Morgan fingerprint density at radius 3 is 1.82 bits per heavy atom. The van der Waals surface area contributed by atoms with Gasteiger partial charge in [-0.15, -0.1) is 6.12 Å². The summed E-state index contributed by atoms with van der Waals surface area (Å²) in [6.45, 7) is 4.49. The molecule has 0 aliphatic carbocycles. The molecule has 0 radical (unpaired) electrons. The minimum absolute atomic E-state index is 0. The number of unbranched alkanes of at least 4 members (excludes halogenated alkanes) is 10. The second-order valence-electron chi connectivity index (χ2n) is 7.52. The predicted octanol–water partition coefficient (Wildman–Crippen LogP) is 7.00. The van der Waals surface area contributed by atoms with Gasteiger partial charge in [-0.1, -0.05) is 90.2 Å². The fraction of sp³-hybridized carbons (Fsp3) is 0.727. The maximum atomic E-state index is 11.8. The van der Waals surface area contributed by atoms with Crippen LogP contribution in [0.1, 0.15) is 102 Å². The third-order valence-electron chi connectivity index (χ3n) is 4.95. The zero-order chi connectivity index (χ0) is 20.0. The first kappa shape index (κ1) is 28.7. The molecule has 0 heterocycles. The van der Waals surface area contributed by atoms with E-state index in [9.17, 15) is 4.89 Å². The number of hydrogen-bond acceptors (Lipinski definition) is 4. The fourth-order valence-electron chi connectivity index (χ4n) is 3.40. The Labute approximate surface area is 197 Å². The first-order valence-electron chi connectivity index (χ1n) is 10.8. The summed E-state index contributed by atoms with van der Waals surface area (Å²) in [5.41, 5.74) is 2.45. The fourth-order valence-corrected chi connectivity index (χ4v) is 4.30. The average Bonchev–Trinajstić information content (AvgIpc) is 2.61. The quantitative estimate of drug-likeness (QED) is 0.107. The molecule has 0 saturated heterocycles. The largest absolute Gasteiger partial charge is 2.00 e. The molecule has 0 aromatic heterocycles. The average molecular weight is 494 g/mol. The topological polar surface area (TPSA) is 32.3 Å². The van der Waals surface area contributed by atoms with E-state index < -0.39 is 6.12 Å². The van der Waals surface area contributed by atoms with Crippen molar-refractivity contribution in [1.29, 1.82) is 0 Å². The molecule has 0 saturated carbocycles. The summed E-state index contributed by atoms with van der Waals surface area (Å²) < 4.78 is 5.44. The summed E-state index contributed by atoms with van der Waals surface area (Å²) in [7, 11) is 0. The van der Waals surface area contributed by atoms with Gasteiger partial charge in [0, 0.05) is 0 Å². The summed E-state index contributed by atoms with van der Waals surface area (Å²) in [6, 6.07) is 6.21. The zero-order valence-corrected chi connectivity index (χ0v) is 23.4. The van der Waals surface area contributed by atoms with Crippen LogP contribution in [0.3, 0.4) is 0 Å². The smallest absolute Gasteiger partial charge is 0.682 e. The molecule has 0 atom stereocenters. The molecule has 1 rings (SSSR count). The third kappa shape index (κ3) is 14.7. The van der Waals surface area contributed by atoms with E-state index in [4.69, 9.17) is 29.0 Å². The molecule has 0 aliphatic heterocycles. The van der Waals surface area contributed by atoms with Gasteiger partial charge in [-0.05, 0) is 42.9 Å². The van der Waals surface area contributed by atoms with Crippen molar-refractivity contribution in [3.05, 3.63) is 29.3 Å². The first-order chi connectivity index (χ1) is 13.0. The minimum atomic E-state index is -3.35. The van der Waals surface area contributed by atoms with E-state index in [1.54, 1.807) is 0 Å². The number of rotatable bonds is 16. The van der Waals surface area contributed by atoms with E-state index in [0.29, 0.717) is 5.75 Å². The molecule has 0 amide bonds. The summed E-state index contributed by atoms with van der Waals surface area (Å²) in [5.74, 6) is 0.628. The van der Waals surface area contributed by atoms with Crippen molar-refractivity contribution in [3.63, 3.8) is 0 Å². The van der Waals surface area contributed by atoms with Crippen molar-refractivity contribution in [3.8, 4) is 5.75 Å². The monoisotopic (exact) mass is 492 g/mol. The minimum Gasteiger partial charge on any atom is -0.682 e. The van der Waals surface area contributed by atoms with Crippen molar-refractivity contribution < 1.29 is 28.9 Å². The van der Waals surface area contributed by atoms with Gasteiger partial charge in [-0.2, -0.15) is 0 Å². The normalized spacial score (nSPS) is 11.3. The van der Waals surface area contributed by atoms with Crippen LogP contribution in [0.4, 0.5) is 0 Å². The number of aryl methyl sites for hydroxylation is 2. The summed E-state index contributed by atoms with van der Waals surface area (Å²) in [5, 5.41) is 0. The molecule has 0 N–H and O–H groups in total.